The van der Waals surface area contributed by atoms with Crippen LogP contribution in [0.25, 0.3) is 0 Å². The van der Waals surface area contributed by atoms with Crippen LogP contribution in [0, 0.1) is 20.7 Å². The lowest BCUT2D eigenvalue weighted by atomic mass is 9.33. The Kier molecular flexibility index (Phi) is 9.05. The summed E-state index contributed by atoms with van der Waals surface area (Å²) in [5.74, 6) is 0. The Morgan fingerprint density at radius 2 is 1.00 bits per heavy atom. The van der Waals surface area contributed by atoms with Gasteiger partial charge in [0.2, 0.25) is 0 Å². The molecule has 0 saturated carbocycles. The first kappa shape index (κ1) is 41.0. The molecule has 3 nitrogen and oxygen atoms in total. The molecule has 4 heteroatoms. The number of rotatable bonds is 5. The summed E-state index contributed by atoms with van der Waals surface area (Å²) in [6.45, 7) is 28.0. The Labute approximate surface area is 412 Å². The molecule has 0 bridgehead atoms. The molecule has 11 rings (SSSR count). The fraction of sp³-hybridized carbons (Fsp3) is 0.344. The lowest BCUT2D eigenvalue weighted by molar-refractivity contribution is 0.332. The molecular weight excluding hydrogens is 822 g/mol. The Bertz CT molecular complexity index is 3260. The van der Waals surface area contributed by atoms with Crippen LogP contribution in [0.15, 0.2) is 133 Å². The SMILES string of the molecule is [2H]C([2H])([2H])c1cc2c3c(c1)N(c1cc4c(cc1C)C(C)(C)CC4(C)C)c1cc4c(cc1B3c1ccc(N(c3ccccc3)c3ccccc3)cc1N2c1ccc(C(C)(C)C)cc1C)C(C)(C)CCC4(C)C. The lowest BCUT2D eigenvalue weighted by Gasteiger charge is -2.48. The van der Waals surface area contributed by atoms with E-state index in [0.29, 0.717) is 5.56 Å². The van der Waals surface area contributed by atoms with Crippen molar-refractivity contribution in [1.82, 2.24) is 0 Å². The highest BCUT2D eigenvalue weighted by Crippen LogP contribution is 2.55. The van der Waals surface area contributed by atoms with Gasteiger partial charge < -0.3 is 14.7 Å². The van der Waals surface area contributed by atoms with Gasteiger partial charge in [-0.1, -0.05) is 143 Å². The van der Waals surface area contributed by atoms with Crippen molar-refractivity contribution in [3.63, 3.8) is 0 Å². The number of nitrogens with zero attached hydrogens (tertiary/aromatic N) is 3. The average Bonchev–Trinajstić information content (AvgIpc) is 3.48. The predicted octanol–water partition coefficient (Wildman–Crippen LogP) is 15.8. The number of anilines is 9. The molecule has 0 unspecified atom stereocenters. The van der Waals surface area contributed by atoms with Crippen LogP contribution in [0.3, 0.4) is 0 Å². The van der Waals surface area contributed by atoms with Gasteiger partial charge in [0.05, 0.1) is 0 Å². The summed E-state index contributed by atoms with van der Waals surface area (Å²) >= 11 is 0. The van der Waals surface area contributed by atoms with Crippen LogP contribution in [0.5, 0.6) is 0 Å². The van der Waals surface area contributed by atoms with E-state index in [1.807, 2.05) is 12.1 Å². The van der Waals surface area contributed by atoms with Gasteiger partial charge in [0.1, 0.15) is 0 Å². The topological polar surface area (TPSA) is 9.72 Å². The Hall–Kier alpha value is -6.00. The van der Waals surface area contributed by atoms with Crippen molar-refractivity contribution in [3.8, 4) is 0 Å². The first-order valence-corrected chi connectivity index (χ1v) is 25.1. The van der Waals surface area contributed by atoms with Gasteiger partial charge in [0.15, 0.2) is 0 Å². The van der Waals surface area contributed by atoms with E-state index in [4.69, 9.17) is 0 Å². The normalized spacial score (nSPS) is 18.6. The van der Waals surface area contributed by atoms with Crippen molar-refractivity contribution in [2.45, 2.75) is 143 Å². The number of hydrogen-bond acceptors (Lipinski definition) is 3. The van der Waals surface area contributed by atoms with Gasteiger partial charge >= 0.3 is 0 Å². The largest absolute Gasteiger partial charge is 0.311 e. The standard InChI is InChI=1S/C64H70BN3/c1-40-31-57-59-58(32-40)68(54-37-50-47(34-42(54)3)63(11,12)39-64(50,13)14)56-38-49-48(61(7,8)29-30-62(49,9)10)36-52(56)65(59)51-27-26-46(66(44-21-17-15-18-22-44)45-23-19-16-20-24-45)35-55(51)67(57)53-28-25-43(33-41(53)2)60(4,5)6/h15-28,31-38H,29-30,39H2,1-14H3/i1D3. The Morgan fingerprint density at radius 3 is 1.57 bits per heavy atom. The molecule has 0 aromatic heterocycles. The zero-order valence-corrected chi connectivity index (χ0v) is 42.7. The lowest BCUT2D eigenvalue weighted by Crippen LogP contribution is -2.62. The highest BCUT2D eigenvalue weighted by Gasteiger charge is 2.48. The maximum Gasteiger partial charge on any atom is 0.252 e. The van der Waals surface area contributed by atoms with E-state index in [2.05, 4.69) is 226 Å². The molecule has 2 aliphatic heterocycles. The molecule has 0 radical (unpaired) electrons. The van der Waals surface area contributed by atoms with Crippen LogP contribution in [0.2, 0.25) is 0 Å². The van der Waals surface area contributed by atoms with E-state index < -0.39 is 6.85 Å². The van der Waals surface area contributed by atoms with Crippen molar-refractivity contribution < 1.29 is 4.11 Å². The molecule has 2 heterocycles. The molecule has 68 heavy (non-hydrogen) atoms. The number of benzene rings is 7. The second-order valence-electron chi connectivity index (χ2n) is 24.4. The number of fused-ring (bicyclic) bond motifs is 6. The summed E-state index contributed by atoms with van der Waals surface area (Å²) in [6, 6.07) is 49.2. The Balaban J connectivity index is 1.28. The maximum atomic E-state index is 9.23. The van der Waals surface area contributed by atoms with Crippen LogP contribution >= 0.6 is 0 Å². The Morgan fingerprint density at radius 1 is 0.485 bits per heavy atom. The zero-order valence-electron chi connectivity index (χ0n) is 45.7. The van der Waals surface area contributed by atoms with Gasteiger partial charge in [0, 0.05) is 55.3 Å². The van der Waals surface area contributed by atoms with E-state index in [9.17, 15) is 4.11 Å². The summed E-state index contributed by atoms with van der Waals surface area (Å²) in [6.07, 6.45) is 3.25. The molecule has 0 amide bonds. The summed E-state index contributed by atoms with van der Waals surface area (Å²) in [5, 5.41) is 0. The molecule has 0 atom stereocenters. The van der Waals surface area contributed by atoms with Crippen LogP contribution in [0.1, 0.15) is 144 Å². The smallest absolute Gasteiger partial charge is 0.252 e. The van der Waals surface area contributed by atoms with Crippen molar-refractivity contribution in [1.29, 1.82) is 0 Å². The summed E-state index contributed by atoms with van der Waals surface area (Å²) in [5.41, 5.74) is 22.3. The molecule has 7 aromatic carbocycles. The highest BCUT2D eigenvalue weighted by molar-refractivity contribution is 7.00. The molecule has 344 valence electrons. The molecule has 2 aliphatic carbocycles. The van der Waals surface area contributed by atoms with Gasteiger partial charge in [-0.3, -0.25) is 0 Å². The van der Waals surface area contributed by atoms with Gasteiger partial charge in [0.25, 0.3) is 6.71 Å². The van der Waals surface area contributed by atoms with E-state index in [-0.39, 0.29) is 33.8 Å². The summed E-state index contributed by atoms with van der Waals surface area (Å²) in [7, 11) is 0. The minimum absolute atomic E-state index is 0.0299. The van der Waals surface area contributed by atoms with Crippen LogP contribution in [0.4, 0.5) is 51.2 Å². The average molecular weight is 895 g/mol. The fourth-order valence-corrected chi connectivity index (χ4v) is 13.0. The third-order valence-electron chi connectivity index (χ3n) is 16.5. The third kappa shape index (κ3) is 6.82. The monoisotopic (exact) mass is 895 g/mol. The minimum atomic E-state index is -2.38. The third-order valence-corrected chi connectivity index (χ3v) is 16.5. The molecule has 0 fully saturated rings. The van der Waals surface area contributed by atoms with E-state index >= 15 is 0 Å². The number of hydrogen-bond donors (Lipinski definition) is 0. The van der Waals surface area contributed by atoms with Crippen molar-refractivity contribution in [3.05, 3.63) is 178 Å². The van der Waals surface area contributed by atoms with Crippen LogP contribution < -0.4 is 31.1 Å². The molecule has 0 N–H and O–H groups in total. The predicted molar refractivity (Wildman–Crippen MR) is 294 cm³/mol. The molecule has 7 aromatic rings. The second-order valence-corrected chi connectivity index (χ2v) is 24.4. The highest BCUT2D eigenvalue weighted by atomic mass is 15.2. The van der Waals surface area contributed by atoms with Gasteiger partial charge in [-0.2, -0.15) is 0 Å². The first-order valence-electron chi connectivity index (χ1n) is 26.6. The minimum Gasteiger partial charge on any atom is -0.311 e. The van der Waals surface area contributed by atoms with Crippen molar-refractivity contribution in [2.75, 3.05) is 14.7 Å². The van der Waals surface area contributed by atoms with Crippen molar-refractivity contribution >= 4 is 74.3 Å². The maximum absolute atomic E-state index is 9.23. The molecule has 4 aliphatic rings. The first-order chi connectivity index (χ1) is 33.3. The van der Waals surface area contributed by atoms with Gasteiger partial charge in [-0.15, -0.1) is 0 Å². The summed E-state index contributed by atoms with van der Waals surface area (Å²) < 4.78 is 27.7. The molecular formula is C64H70BN3. The van der Waals surface area contributed by atoms with Gasteiger partial charge in [-0.05, 0) is 195 Å². The van der Waals surface area contributed by atoms with E-state index in [0.717, 1.165) is 81.5 Å². The van der Waals surface area contributed by atoms with E-state index in [1.165, 1.54) is 44.3 Å². The van der Waals surface area contributed by atoms with Crippen molar-refractivity contribution in [2.24, 2.45) is 0 Å². The quantitative estimate of drug-likeness (QED) is 0.159. The molecule has 0 spiro atoms. The second kappa shape index (κ2) is 15.0. The van der Waals surface area contributed by atoms with Gasteiger partial charge in [-0.25, -0.2) is 0 Å². The summed E-state index contributed by atoms with van der Waals surface area (Å²) in [4.78, 5) is 7.24. The van der Waals surface area contributed by atoms with Crippen LogP contribution in [-0.2, 0) is 27.1 Å². The van der Waals surface area contributed by atoms with Crippen LogP contribution in [-0.4, -0.2) is 6.71 Å². The fourth-order valence-electron chi connectivity index (χ4n) is 13.0. The van der Waals surface area contributed by atoms with E-state index in [1.54, 1.807) is 0 Å². The number of aryl methyl sites for hydroxylation is 3. The molecule has 0 saturated heterocycles. The zero-order chi connectivity index (χ0) is 50.5. The number of para-hydroxylation sites is 2.